The Morgan fingerprint density at radius 1 is 1.19 bits per heavy atom. The fourth-order valence-corrected chi connectivity index (χ4v) is 3.22. The second-order valence-corrected chi connectivity index (χ2v) is 7.37. The minimum absolute atomic E-state index is 0.0575. The molecule has 1 aliphatic carbocycles. The maximum absolute atomic E-state index is 11.9. The number of hydrogen-bond acceptors (Lipinski definition) is 6. The maximum Gasteiger partial charge on any atom is 0.319 e. The second kappa shape index (κ2) is 8.19. The summed E-state index contributed by atoms with van der Waals surface area (Å²) in [4.78, 5) is 28.0. The zero-order chi connectivity index (χ0) is 22.1. The van der Waals surface area contributed by atoms with Gasteiger partial charge in [0.1, 0.15) is 16.5 Å². The molecule has 0 saturated heterocycles. The molecule has 1 aromatic heterocycles. The van der Waals surface area contributed by atoms with Gasteiger partial charge in [0, 0.05) is 23.7 Å². The number of nitrogens with zero attached hydrogens (tertiary/aromatic N) is 1. The normalized spacial score (nSPS) is 13.0. The quantitative estimate of drug-likeness (QED) is 0.458. The lowest BCUT2D eigenvalue weighted by molar-refractivity contribution is 0.0997. The molecule has 1 aliphatic rings. The van der Waals surface area contributed by atoms with Crippen LogP contribution in [0.2, 0.25) is 5.02 Å². The van der Waals surface area contributed by atoms with E-state index in [1.165, 1.54) is 31.5 Å². The van der Waals surface area contributed by atoms with Crippen LogP contribution in [0.1, 0.15) is 23.2 Å². The first-order chi connectivity index (χ1) is 14.9. The highest BCUT2D eigenvalue weighted by Crippen LogP contribution is 2.42. The van der Waals surface area contributed by atoms with Gasteiger partial charge in [-0.05, 0) is 37.1 Å². The molecule has 31 heavy (non-hydrogen) atoms. The third-order valence-corrected chi connectivity index (χ3v) is 5.13. The van der Waals surface area contributed by atoms with Crippen LogP contribution in [-0.4, -0.2) is 35.2 Å². The predicted molar refractivity (Wildman–Crippen MR) is 115 cm³/mol. The topological polar surface area (TPSA) is 136 Å². The number of phenolic OH excluding ortho intramolecular Hbond substituents is 1. The molecule has 2 aromatic carbocycles. The van der Waals surface area contributed by atoms with Gasteiger partial charge < -0.3 is 30.9 Å². The number of anilines is 1. The van der Waals surface area contributed by atoms with Crippen molar-refractivity contribution in [2.75, 3.05) is 12.4 Å². The minimum Gasteiger partial charge on any atom is -0.503 e. The van der Waals surface area contributed by atoms with Gasteiger partial charge in [0.25, 0.3) is 5.91 Å². The van der Waals surface area contributed by atoms with E-state index < -0.39 is 11.9 Å². The molecule has 1 heterocycles. The van der Waals surface area contributed by atoms with Gasteiger partial charge in [0.05, 0.1) is 23.9 Å². The molecule has 0 atom stereocenters. The predicted octanol–water partition coefficient (Wildman–Crippen LogP) is 3.78. The van der Waals surface area contributed by atoms with Crippen LogP contribution in [0, 0.1) is 0 Å². The largest absolute Gasteiger partial charge is 0.503 e. The van der Waals surface area contributed by atoms with Crippen molar-refractivity contribution in [2.24, 2.45) is 5.73 Å². The number of urea groups is 1. The van der Waals surface area contributed by atoms with Crippen molar-refractivity contribution in [1.29, 1.82) is 0 Å². The Labute approximate surface area is 182 Å². The van der Waals surface area contributed by atoms with Crippen LogP contribution in [0.4, 0.5) is 10.5 Å². The second-order valence-electron chi connectivity index (χ2n) is 6.99. The van der Waals surface area contributed by atoms with E-state index in [1.54, 1.807) is 12.1 Å². The summed E-state index contributed by atoms with van der Waals surface area (Å²) in [5.41, 5.74) is 6.34. The molecule has 0 radical (unpaired) electrons. The summed E-state index contributed by atoms with van der Waals surface area (Å²) in [6.45, 7) is 0. The van der Waals surface area contributed by atoms with Gasteiger partial charge in [-0.3, -0.25) is 9.78 Å². The molecule has 5 N–H and O–H groups in total. The summed E-state index contributed by atoms with van der Waals surface area (Å²) in [6.07, 6.45) is 3.41. The molecule has 0 bridgehead atoms. The number of pyridine rings is 1. The standard InChI is InChI=1S/C21H19ClN4O5/c1-30-17-9-14-11(8-12(17)20(23)28)15(6-7-24-14)31-16-5-4-13(18(22)19(16)27)26-21(29)25-10-2-3-10/h4-10,27H,2-3H2,1H3,(H2,23,28)(H2,25,26,29). The first-order valence-electron chi connectivity index (χ1n) is 9.40. The number of hydrogen-bond donors (Lipinski definition) is 4. The number of nitrogens with two attached hydrogens (primary N) is 1. The van der Waals surface area contributed by atoms with Gasteiger partial charge in [-0.2, -0.15) is 0 Å². The number of methoxy groups -OCH3 is 1. The lowest BCUT2D eigenvalue weighted by Crippen LogP contribution is -2.30. The minimum atomic E-state index is -0.667. The number of ether oxygens (including phenoxy) is 2. The monoisotopic (exact) mass is 442 g/mol. The number of amides is 3. The van der Waals surface area contributed by atoms with Gasteiger partial charge in [-0.1, -0.05) is 11.6 Å². The number of primary amides is 1. The molecule has 0 aliphatic heterocycles. The van der Waals surface area contributed by atoms with Crippen molar-refractivity contribution >= 4 is 40.1 Å². The van der Waals surface area contributed by atoms with Crippen molar-refractivity contribution in [1.82, 2.24) is 10.3 Å². The molecule has 0 unspecified atom stereocenters. The van der Waals surface area contributed by atoms with E-state index in [4.69, 9.17) is 26.8 Å². The molecular formula is C21H19ClN4O5. The van der Waals surface area contributed by atoms with Gasteiger partial charge in [0.15, 0.2) is 11.5 Å². The van der Waals surface area contributed by atoms with E-state index in [0.717, 1.165) is 12.8 Å². The highest BCUT2D eigenvalue weighted by atomic mass is 35.5. The fourth-order valence-electron chi connectivity index (χ4n) is 3.01. The van der Waals surface area contributed by atoms with E-state index in [-0.39, 0.29) is 39.6 Å². The highest BCUT2D eigenvalue weighted by Gasteiger charge is 2.24. The van der Waals surface area contributed by atoms with Gasteiger partial charge >= 0.3 is 6.03 Å². The zero-order valence-corrected chi connectivity index (χ0v) is 17.2. The zero-order valence-electron chi connectivity index (χ0n) is 16.4. The Kier molecular flexibility index (Phi) is 5.43. The Hall–Kier alpha value is -3.72. The van der Waals surface area contributed by atoms with Crippen LogP contribution in [0.3, 0.4) is 0 Å². The first kappa shape index (κ1) is 20.5. The van der Waals surface area contributed by atoms with Gasteiger partial charge in [-0.15, -0.1) is 0 Å². The Bertz CT molecular complexity index is 1200. The lowest BCUT2D eigenvalue weighted by atomic mass is 10.1. The molecule has 9 nitrogen and oxygen atoms in total. The number of benzene rings is 2. The summed E-state index contributed by atoms with van der Waals surface area (Å²) in [7, 11) is 1.43. The van der Waals surface area contributed by atoms with Crippen molar-refractivity contribution in [3.05, 3.63) is 47.1 Å². The van der Waals surface area contributed by atoms with Gasteiger partial charge in [0.2, 0.25) is 0 Å². The molecule has 10 heteroatoms. The van der Waals surface area contributed by atoms with Crippen molar-refractivity contribution in [3.8, 4) is 23.0 Å². The van der Waals surface area contributed by atoms with Gasteiger partial charge in [-0.25, -0.2) is 4.79 Å². The van der Waals surface area contributed by atoms with Crippen molar-refractivity contribution in [2.45, 2.75) is 18.9 Å². The number of fused-ring (bicyclic) bond motifs is 1. The van der Waals surface area contributed by atoms with Crippen LogP contribution in [0.25, 0.3) is 10.9 Å². The van der Waals surface area contributed by atoms with Crippen LogP contribution in [0.5, 0.6) is 23.0 Å². The number of aromatic nitrogens is 1. The summed E-state index contributed by atoms with van der Waals surface area (Å²) >= 11 is 6.22. The molecule has 1 fully saturated rings. The van der Waals surface area contributed by atoms with Crippen molar-refractivity contribution in [3.63, 3.8) is 0 Å². The lowest BCUT2D eigenvalue weighted by Gasteiger charge is -2.15. The summed E-state index contributed by atoms with van der Waals surface area (Å²) in [6, 6.07) is 7.42. The third-order valence-electron chi connectivity index (χ3n) is 4.75. The SMILES string of the molecule is COc1cc2nccc(Oc3ccc(NC(=O)NC4CC4)c(Cl)c3O)c2cc1C(N)=O. The number of halogens is 1. The molecule has 160 valence electrons. The Morgan fingerprint density at radius 3 is 2.65 bits per heavy atom. The highest BCUT2D eigenvalue weighted by molar-refractivity contribution is 6.35. The Balaban J connectivity index is 1.65. The van der Waals surface area contributed by atoms with E-state index in [9.17, 15) is 14.7 Å². The number of aromatic hydroxyl groups is 1. The number of carbonyl (C=O) groups excluding carboxylic acids is 2. The molecule has 1 saturated carbocycles. The van der Waals surface area contributed by atoms with E-state index in [1.807, 2.05) is 0 Å². The average molecular weight is 443 g/mol. The summed E-state index contributed by atoms with van der Waals surface area (Å²) in [5, 5.41) is 16.3. The average Bonchev–Trinajstić information content (AvgIpc) is 3.56. The first-order valence-corrected chi connectivity index (χ1v) is 9.78. The van der Waals surface area contributed by atoms with Crippen LogP contribution in [-0.2, 0) is 0 Å². The molecular weight excluding hydrogens is 424 g/mol. The van der Waals surface area contributed by atoms with Crippen LogP contribution < -0.4 is 25.8 Å². The van der Waals surface area contributed by atoms with Crippen molar-refractivity contribution < 1.29 is 24.2 Å². The Morgan fingerprint density at radius 2 is 1.97 bits per heavy atom. The smallest absolute Gasteiger partial charge is 0.319 e. The summed E-state index contributed by atoms with van der Waals surface area (Å²) < 4.78 is 11.1. The molecule has 0 spiro atoms. The fraction of sp³-hybridized carbons (Fsp3) is 0.190. The number of carbonyl (C=O) groups is 2. The third kappa shape index (κ3) is 4.26. The van der Waals surface area contributed by atoms with Crippen LogP contribution in [0.15, 0.2) is 36.5 Å². The van der Waals surface area contributed by atoms with Crippen LogP contribution >= 0.6 is 11.6 Å². The van der Waals surface area contributed by atoms with E-state index in [0.29, 0.717) is 16.7 Å². The summed E-state index contributed by atoms with van der Waals surface area (Å²) in [5.74, 6) is -0.356. The molecule has 3 amide bonds. The maximum atomic E-state index is 11.9. The number of phenols is 1. The van der Waals surface area contributed by atoms with E-state index >= 15 is 0 Å². The van der Waals surface area contributed by atoms with E-state index in [2.05, 4.69) is 15.6 Å². The number of nitrogens with one attached hydrogen (secondary N) is 2. The molecule has 3 aromatic rings. The number of rotatable bonds is 6. The molecule has 4 rings (SSSR count).